The molecule has 0 saturated heterocycles. The molecule has 0 atom stereocenters. The maximum absolute atomic E-state index is 12.1. The smallest absolute Gasteiger partial charge is 0.254 e. The van der Waals surface area contributed by atoms with E-state index in [0.717, 1.165) is 5.56 Å². The molecule has 0 aliphatic rings. The van der Waals surface area contributed by atoms with Crippen molar-refractivity contribution in [3.8, 4) is 0 Å². The second-order valence-corrected chi connectivity index (χ2v) is 4.99. The predicted octanol–water partition coefficient (Wildman–Crippen LogP) is 1.39. The van der Waals surface area contributed by atoms with Crippen molar-refractivity contribution in [1.29, 1.82) is 0 Å². The van der Waals surface area contributed by atoms with Crippen LogP contribution in [0.25, 0.3) is 0 Å². The summed E-state index contributed by atoms with van der Waals surface area (Å²) in [6.45, 7) is 5.24. The van der Waals surface area contributed by atoms with Gasteiger partial charge in [0.05, 0.1) is 0 Å². The average Bonchev–Trinajstić information content (AvgIpc) is 2.38. The molecule has 0 aliphatic heterocycles. The summed E-state index contributed by atoms with van der Waals surface area (Å²) in [6, 6.07) is 6.70. The fraction of sp³-hybridized carbons (Fsp3) is 0.267. The Labute approximate surface area is 122 Å². The fourth-order valence-electron chi connectivity index (χ4n) is 2.06. The summed E-state index contributed by atoms with van der Waals surface area (Å²) in [5.41, 5.74) is 8.23. The van der Waals surface area contributed by atoms with Gasteiger partial charge in [0.25, 0.3) is 5.56 Å². The van der Waals surface area contributed by atoms with Crippen LogP contribution in [0.1, 0.15) is 17.1 Å². The first-order valence-electron chi connectivity index (χ1n) is 6.58. The van der Waals surface area contributed by atoms with Gasteiger partial charge >= 0.3 is 0 Å². The zero-order chi connectivity index (χ0) is 15.6. The molecule has 0 aliphatic carbocycles. The Balaban J connectivity index is 2.20. The second-order valence-electron chi connectivity index (χ2n) is 4.99. The highest BCUT2D eigenvalue weighted by Gasteiger charge is 2.10. The lowest BCUT2D eigenvalue weighted by molar-refractivity contribution is -0.116. The summed E-state index contributed by atoms with van der Waals surface area (Å²) in [5.74, 6) is 0.221. The van der Waals surface area contributed by atoms with E-state index in [1.54, 1.807) is 26.0 Å². The molecule has 1 heterocycles. The van der Waals surface area contributed by atoms with E-state index in [2.05, 4.69) is 10.3 Å². The van der Waals surface area contributed by atoms with Crippen LogP contribution in [0, 0.1) is 20.8 Å². The van der Waals surface area contributed by atoms with E-state index in [0.29, 0.717) is 22.9 Å². The molecule has 6 heteroatoms. The van der Waals surface area contributed by atoms with Crippen LogP contribution >= 0.6 is 0 Å². The van der Waals surface area contributed by atoms with Gasteiger partial charge in [-0.15, -0.1) is 0 Å². The lowest BCUT2D eigenvalue weighted by Crippen LogP contribution is -2.30. The van der Waals surface area contributed by atoms with E-state index in [1.165, 1.54) is 10.6 Å². The first kappa shape index (κ1) is 14.8. The van der Waals surface area contributed by atoms with Crippen LogP contribution in [0.2, 0.25) is 0 Å². The average molecular weight is 286 g/mol. The van der Waals surface area contributed by atoms with E-state index in [4.69, 9.17) is 5.73 Å². The third-order valence-electron chi connectivity index (χ3n) is 3.16. The Morgan fingerprint density at radius 1 is 1.29 bits per heavy atom. The van der Waals surface area contributed by atoms with Gasteiger partial charge in [0.1, 0.15) is 12.4 Å². The van der Waals surface area contributed by atoms with Crippen LogP contribution in [0.15, 0.2) is 29.1 Å². The number of nitrogens with two attached hydrogens (primary N) is 1. The molecule has 0 spiro atoms. The Hall–Kier alpha value is -2.63. The first-order valence-corrected chi connectivity index (χ1v) is 6.58. The van der Waals surface area contributed by atoms with E-state index in [-0.39, 0.29) is 18.0 Å². The summed E-state index contributed by atoms with van der Waals surface area (Å²) in [7, 11) is 0. The van der Waals surface area contributed by atoms with Crippen LogP contribution in [0.5, 0.6) is 0 Å². The Morgan fingerprint density at radius 2 is 2.00 bits per heavy atom. The predicted molar refractivity (Wildman–Crippen MR) is 82.2 cm³/mol. The number of nitrogen functional groups attached to an aromatic ring is 1. The van der Waals surface area contributed by atoms with Crippen LogP contribution < -0.4 is 16.6 Å². The largest absolute Gasteiger partial charge is 0.399 e. The monoisotopic (exact) mass is 286 g/mol. The summed E-state index contributed by atoms with van der Waals surface area (Å²) >= 11 is 0. The highest BCUT2D eigenvalue weighted by Crippen LogP contribution is 2.18. The minimum atomic E-state index is -0.292. The number of rotatable bonds is 3. The summed E-state index contributed by atoms with van der Waals surface area (Å²) in [4.78, 5) is 28.2. The van der Waals surface area contributed by atoms with Crippen molar-refractivity contribution in [2.45, 2.75) is 27.3 Å². The number of hydrogen-bond acceptors (Lipinski definition) is 4. The van der Waals surface area contributed by atoms with E-state index < -0.39 is 0 Å². The number of anilines is 2. The molecule has 3 N–H and O–H groups in total. The van der Waals surface area contributed by atoms with Gasteiger partial charge in [-0.25, -0.2) is 4.98 Å². The third kappa shape index (κ3) is 3.47. The lowest BCUT2D eigenvalue weighted by Gasteiger charge is -2.12. The van der Waals surface area contributed by atoms with Gasteiger partial charge in [0.2, 0.25) is 5.91 Å². The molecule has 0 radical (unpaired) electrons. The fourth-order valence-corrected chi connectivity index (χ4v) is 2.06. The summed E-state index contributed by atoms with van der Waals surface area (Å²) < 4.78 is 1.34. The van der Waals surface area contributed by atoms with Gasteiger partial charge in [-0.1, -0.05) is 6.07 Å². The van der Waals surface area contributed by atoms with Crippen LogP contribution in [0.4, 0.5) is 11.4 Å². The van der Waals surface area contributed by atoms with Gasteiger partial charge in [-0.05, 0) is 38.5 Å². The highest BCUT2D eigenvalue weighted by atomic mass is 16.2. The molecule has 0 unspecified atom stereocenters. The Kier molecular flexibility index (Phi) is 4.07. The van der Waals surface area contributed by atoms with Gasteiger partial charge in [-0.3, -0.25) is 14.2 Å². The molecule has 0 bridgehead atoms. The van der Waals surface area contributed by atoms with Crippen molar-refractivity contribution in [3.05, 3.63) is 51.7 Å². The van der Waals surface area contributed by atoms with Gasteiger partial charge < -0.3 is 11.1 Å². The van der Waals surface area contributed by atoms with E-state index in [1.807, 2.05) is 13.0 Å². The molecule has 1 aromatic heterocycles. The maximum atomic E-state index is 12.1. The Bertz CT molecular complexity index is 750. The van der Waals surface area contributed by atoms with E-state index >= 15 is 0 Å². The molecular formula is C15H18N4O2. The van der Waals surface area contributed by atoms with Crippen molar-refractivity contribution >= 4 is 17.3 Å². The molecule has 2 rings (SSSR count). The van der Waals surface area contributed by atoms with Crippen molar-refractivity contribution in [2.24, 2.45) is 0 Å². The highest BCUT2D eigenvalue weighted by molar-refractivity contribution is 5.91. The number of carbonyl (C=O) groups is 1. The second kappa shape index (κ2) is 5.78. The number of hydrogen-bond donors (Lipinski definition) is 2. The number of aryl methyl sites for hydroxylation is 3. The van der Waals surface area contributed by atoms with Crippen LogP contribution in [-0.4, -0.2) is 15.5 Å². The van der Waals surface area contributed by atoms with Crippen molar-refractivity contribution < 1.29 is 4.79 Å². The van der Waals surface area contributed by atoms with Crippen LogP contribution in [-0.2, 0) is 11.3 Å². The van der Waals surface area contributed by atoms with Crippen LogP contribution in [0.3, 0.4) is 0 Å². The first-order chi connectivity index (χ1) is 9.86. The molecule has 110 valence electrons. The van der Waals surface area contributed by atoms with Crippen molar-refractivity contribution in [3.63, 3.8) is 0 Å². The maximum Gasteiger partial charge on any atom is 0.254 e. The molecule has 0 fully saturated rings. The van der Waals surface area contributed by atoms with Gasteiger partial charge in [0, 0.05) is 23.1 Å². The van der Waals surface area contributed by atoms with Gasteiger partial charge in [-0.2, -0.15) is 0 Å². The number of nitrogens with one attached hydrogen (secondary N) is 1. The quantitative estimate of drug-likeness (QED) is 0.834. The van der Waals surface area contributed by atoms with Crippen molar-refractivity contribution in [2.75, 3.05) is 11.1 Å². The topological polar surface area (TPSA) is 90.0 Å². The zero-order valence-electron chi connectivity index (χ0n) is 12.3. The van der Waals surface area contributed by atoms with Crippen molar-refractivity contribution in [1.82, 2.24) is 9.55 Å². The molecule has 1 aromatic carbocycles. The zero-order valence-corrected chi connectivity index (χ0v) is 12.3. The molecular weight excluding hydrogens is 268 g/mol. The molecule has 21 heavy (non-hydrogen) atoms. The SMILES string of the molecule is Cc1cc(=O)n(CC(=O)Nc2cc(N)ccc2C)c(C)n1. The minimum absolute atomic E-state index is 0.0772. The Morgan fingerprint density at radius 3 is 2.67 bits per heavy atom. The van der Waals surface area contributed by atoms with E-state index in [9.17, 15) is 9.59 Å². The standard InChI is InChI=1S/C15H18N4O2/c1-9-4-5-12(16)7-13(9)18-14(20)8-19-11(3)17-10(2)6-15(19)21/h4-7H,8,16H2,1-3H3,(H,18,20). The molecule has 0 saturated carbocycles. The molecule has 6 nitrogen and oxygen atoms in total. The number of aromatic nitrogens is 2. The summed E-state index contributed by atoms with van der Waals surface area (Å²) in [6.07, 6.45) is 0. The number of carbonyl (C=O) groups excluding carboxylic acids is 1. The number of amides is 1. The van der Waals surface area contributed by atoms with Gasteiger partial charge in [0.15, 0.2) is 0 Å². The molecule has 1 amide bonds. The lowest BCUT2D eigenvalue weighted by atomic mass is 10.2. The number of nitrogens with zero attached hydrogens (tertiary/aromatic N) is 2. The molecule has 2 aromatic rings. The number of benzene rings is 1. The minimum Gasteiger partial charge on any atom is -0.399 e. The third-order valence-corrected chi connectivity index (χ3v) is 3.16. The normalized spacial score (nSPS) is 10.4. The summed E-state index contributed by atoms with van der Waals surface area (Å²) in [5, 5.41) is 2.76.